The lowest BCUT2D eigenvalue weighted by Gasteiger charge is -2.50. The Bertz CT molecular complexity index is 2840. The Morgan fingerprint density at radius 1 is 0.436 bits per heavy atom. The molecule has 6 aromatic carbocycles. The summed E-state index contributed by atoms with van der Waals surface area (Å²) in [6.07, 6.45) is -10.9. The Kier molecular flexibility index (Phi) is 18.8. The molecule has 0 N–H and O–H groups in total. The van der Waals surface area contributed by atoms with Crippen LogP contribution in [0.4, 0.5) is 13.2 Å². The van der Waals surface area contributed by atoms with Gasteiger partial charge in [0.1, 0.15) is 54.9 Å². The maximum atomic E-state index is 14.9. The highest BCUT2D eigenvalue weighted by molar-refractivity contribution is 7.87. The Morgan fingerprint density at radius 3 is 1.19 bits per heavy atom. The molecular formula is C61H65F3O13S. The van der Waals surface area contributed by atoms with E-state index in [1.54, 1.807) is 24.3 Å². The molecule has 414 valence electrons. The van der Waals surface area contributed by atoms with Gasteiger partial charge in [-0.05, 0) is 46.2 Å². The van der Waals surface area contributed by atoms with Crippen LogP contribution in [0.1, 0.15) is 65.5 Å². The van der Waals surface area contributed by atoms with Crippen LogP contribution >= 0.6 is 0 Å². The minimum absolute atomic E-state index is 0.0213. The molecule has 78 heavy (non-hydrogen) atoms. The molecule has 13 nitrogen and oxygen atoms in total. The van der Waals surface area contributed by atoms with Crippen LogP contribution in [0.2, 0.25) is 0 Å². The molecule has 6 aromatic rings. The Hall–Kier alpha value is -5.38. The first-order valence-corrected chi connectivity index (χ1v) is 28.0. The highest BCUT2D eigenvalue weighted by Gasteiger charge is 2.64. The van der Waals surface area contributed by atoms with E-state index in [9.17, 15) is 21.6 Å². The predicted molar refractivity (Wildman–Crippen MR) is 280 cm³/mol. The molecule has 0 bridgehead atoms. The third-order valence-corrected chi connectivity index (χ3v) is 15.5. The van der Waals surface area contributed by atoms with E-state index in [1.165, 1.54) is 0 Å². The van der Waals surface area contributed by atoms with Crippen molar-refractivity contribution in [1.29, 1.82) is 0 Å². The molecular weight excluding hydrogens is 1030 g/mol. The summed E-state index contributed by atoms with van der Waals surface area (Å²) >= 11 is 0. The fourth-order valence-electron chi connectivity index (χ4n) is 10.6. The van der Waals surface area contributed by atoms with Gasteiger partial charge in [0.05, 0.1) is 46.2 Å². The maximum Gasteiger partial charge on any atom is 0.523 e. The number of rotatable bonds is 23. The second kappa shape index (κ2) is 26.3. The molecule has 10 rings (SSSR count). The normalized spacial score (nSPS) is 27.1. The van der Waals surface area contributed by atoms with Gasteiger partial charge in [0.2, 0.25) is 0 Å². The predicted octanol–water partition coefficient (Wildman–Crippen LogP) is 10.9. The van der Waals surface area contributed by atoms with E-state index in [4.69, 9.17) is 51.6 Å². The fourth-order valence-corrected chi connectivity index (χ4v) is 11.2. The first-order chi connectivity index (χ1) is 38.0. The van der Waals surface area contributed by atoms with Gasteiger partial charge >= 0.3 is 15.6 Å². The zero-order valence-corrected chi connectivity index (χ0v) is 43.8. The van der Waals surface area contributed by atoms with Crippen molar-refractivity contribution in [1.82, 2.24) is 0 Å². The molecule has 2 saturated carbocycles. The van der Waals surface area contributed by atoms with Gasteiger partial charge in [-0.1, -0.05) is 188 Å². The maximum absolute atomic E-state index is 14.9. The summed E-state index contributed by atoms with van der Waals surface area (Å²) in [7, 11) is -6.40. The largest absolute Gasteiger partial charge is 0.523 e. The summed E-state index contributed by atoms with van der Waals surface area (Å²) in [5.74, 6) is -1.10. The monoisotopic (exact) mass is 1090 g/mol. The van der Waals surface area contributed by atoms with Crippen LogP contribution < -0.4 is 0 Å². The Balaban J connectivity index is 1.09. The third kappa shape index (κ3) is 14.1. The number of halogens is 3. The molecule has 0 unspecified atom stereocenters. The van der Waals surface area contributed by atoms with Gasteiger partial charge < -0.3 is 47.4 Å². The smallest absolute Gasteiger partial charge is 0.374 e. The highest BCUT2D eigenvalue weighted by Crippen LogP contribution is 2.49. The highest BCUT2D eigenvalue weighted by atomic mass is 32.2. The average Bonchev–Trinajstić information content (AvgIpc) is 4.06. The molecule has 4 fully saturated rings. The lowest BCUT2D eigenvalue weighted by Crippen LogP contribution is -2.68. The van der Waals surface area contributed by atoms with E-state index in [1.807, 2.05) is 158 Å². The van der Waals surface area contributed by atoms with Crippen molar-refractivity contribution in [3.63, 3.8) is 0 Å². The average molecular weight is 1100 g/mol. The molecule has 2 saturated heterocycles. The van der Waals surface area contributed by atoms with E-state index in [2.05, 4.69) is 0 Å². The first-order valence-electron chi connectivity index (χ1n) is 26.6. The molecule has 2 aliphatic heterocycles. The van der Waals surface area contributed by atoms with E-state index < -0.39 is 88.7 Å². The number of ether oxygens (including phenoxy) is 10. The van der Waals surface area contributed by atoms with Crippen molar-refractivity contribution in [2.45, 2.75) is 150 Å². The third-order valence-electron chi connectivity index (χ3n) is 14.5. The van der Waals surface area contributed by atoms with E-state index in [0.717, 1.165) is 41.5 Å². The Morgan fingerprint density at radius 2 is 0.782 bits per heavy atom. The number of benzene rings is 6. The Labute approximate surface area is 453 Å². The summed E-state index contributed by atoms with van der Waals surface area (Å²) < 4.78 is 146. The van der Waals surface area contributed by atoms with Gasteiger partial charge in [0, 0.05) is 12.8 Å². The summed E-state index contributed by atoms with van der Waals surface area (Å²) in [5, 5.41) is 0. The molecule has 2 aliphatic carbocycles. The topological polar surface area (TPSA) is 136 Å². The number of hydrogen-bond acceptors (Lipinski definition) is 13. The van der Waals surface area contributed by atoms with Gasteiger partial charge in [-0.15, -0.1) is 0 Å². The van der Waals surface area contributed by atoms with Crippen molar-refractivity contribution in [2.75, 3.05) is 6.61 Å². The van der Waals surface area contributed by atoms with Crippen molar-refractivity contribution in [2.24, 2.45) is 0 Å². The van der Waals surface area contributed by atoms with Gasteiger partial charge in [-0.3, -0.25) is 4.18 Å². The second-order valence-corrected chi connectivity index (χ2v) is 21.6. The molecule has 1 spiro atoms. The summed E-state index contributed by atoms with van der Waals surface area (Å²) in [6, 6.07) is 56.1. The van der Waals surface area contributed by atoms with Crippen LogP contribution in [0.25, 0.3) is 0 Å². The van der Waals surface area contributed by atoms with Crippen LogP contribution in [-0.4, -0.2) is 93.6 Å². The number of fused-ring (bicyclic) bond motifs is 1. The van der Waals surface area contributed by atoms with Crippen LogP contribution in [0.5, 0.6) is 0 Å². The zero-order valence-electron chi connectivity index (χ0n) is 43.0. The minimum Gasteiger partial charge on any atom is -0.374 e. The lowest BCUT2D eigenvalue weighted by molar-refractivity contribution is -0.347. The molecule has 0 amide bonds. The summed E-state index contributed by atoms with van der Waals surface area (Å²) in [5.41, 5.74) is -1.16. The minimum atomic E-state index is -6.40. The zero-order chi connectivity index (χ0) is 53.8. The second-order valence-electron chi connectivity index (χ2n) is 20.0. The number of hydrogen-bond donors (Lipinski definition) is 0. The van der Waals surface area contributed by atoms with Gasteiger partial charge in [0.15, 0.2) is 18.2 Å². The molecule has 0 aromatic heterocycles. The first kappa shape index (κ1) is 55.9. The standard InChI is InChI=1S/C61H65F3O13S/c62-61(63,64)78(65,66)77-58-51(69-38-45-26-12-3-13-27-45)50(68-37-44-24-10-2-11-25-44)49(42-67-36-43-22-8-1-9-23-43)73-59(58)74-55-53(71-40-47-30-16-5-17-31-47)52(70-39-46-28-14-4-15-29-46)54(72-41-48-32-18-6-19-33-48)56-57(55)76-60(75-56)34-20-7-21-35-60/h1-6,8-19,22-33,49-59H,7,20-21,34-42H2/t49-,50-,51+,52+,53+,54-,55-,56-,57+,58+,59-/m1/s1. The van der Waals surface area contributed by atoms with Crippen molar-refractivity contribution in [3.8, 4) is 0 Å². The van der Waals surface area contributed by atoms with Crippen molar-refractivity contribution >= 4 is 10.1 Å². The van der Waals surface area contributed by atoms with Crippen LogP contribution in [0.15, 0.2) is 182 Å². The SMILES string of the molecule is O=S(=O)(O[C@@H]1[C@@H](O[C@@H]2[C@@H](OCc3ccccc3)[C@H](OCc3ccccc3)[C@@H](OCc3ccccc3)[C@H]3OC4(CCCCC4)O[C@@H]23)O[C@H](COCc2ccccc2)[C@@H](OCc2ccccc2)[C@@H]1OCc1ccccc1)C(F)(F)F. The lowest BCUT2D eigenvalue weighted by atomic mass is 9.84. The van der Waals surface area contributed by atoms with E-state index in [-0.39, 0.29) is 46.2 Å². The van der Waals surface area contributed by atoms with Crippen LogP contribution in [-0.2, 0) is 101 Å². The molecule has 4 aliphatic rings. The molecule has 17 heteroatoms. The fraction of sp³-hybridized carbons (Fsp3) is 0.410. The summed E-state index contributed by atoms with van der Waals surface area (Å²) in [6.45, 7) is -0.0884. The number of alkyl halides is 3. The van der Waals surface area contributed by atoms with Crippen molar-refractivity contribution < 1.29 is 73.1 Å². The van der Waals surface area contributed by atoms with Gasteiger partial charge in [-0.2, -0.15) is 21.6 Å². The van der Waals surface area contributed by atoms with E-state index in [0.29, 0.717) is 24.0 Å². The van der Waals surface area contributed by atoms with Gasteiger partial charge in [-0.25, -0.2) is 0 Å². The quantitative estimate of drug-likeness (QED) is 0.0445. The molecule has 0 radical (unpaired) electrons. The van der Waals surface area contributed by atoms with E-state index >= 15 is 0 Å². The molecule has 2 heterocycles. The summed E-state index contributed by atoms with van der Waals surface area (Å²) in [4.78, 5) is 0. The van der Waals surface area contributed by atoms with Crippen LogP contribution in [0, 0.1) is 0 Å². The molecule has 11 atom stereocenters. The van der Waals surface area contributed by atoms with Crippen LogP contribution in [0.3, 0.4) is 0 Å². The van der Waals surface area contributed by atoms with Gasteiger partial charge in [0.25, 0.3) is 0 Å². The van der Waals surface area contributed by atoms with Crippen molar-refractivity contribution in [3.05, 3.63) is 215 Å².